The van der Waals surface area contributed by atoms with Crippen molar-refractivity contribution in [1.82, 2.24) is 0 Å². The van der Waals surface area contributed by atoms with Crippen molar-refractivity contribution in [2.24, 2.45) is 5.92 Å². The third-order valence-electron chi connectivity index (χ3n) is 6.47. The highest BCUT2D eigenvalue weighted by molar-refractivity contribution is 5.71. The summed E-state index contributed by atoms with van der Waals surface area (Å²) < 4.78 is 69.6. The van der Waals surface area contributed by atoms with Gasteiger partial charge in [-0.2, -0.15) is 17.6 Å². The molecule has 0 amide bonds. The second-order valence-electron chi connectivity index (χ2n) is 8.20. The molecule has 2 aliphatic carbocycles. The van der Waals surface area contributed by atoms with E-state index in [1.165, 1.54) is 30.9 Å². The fourth-order valence-corrected chi connectivity index (χ4v) is 4.57. The van der Waals surface area contributed by atoms with Crippen molar-refractivity contribution in [2.45, 2.75) is 56.8 Å². The van der Waals surface area contributed by atoms with Crippen LogP contribution >= 0.6 is 0 Å². The molecule has 2 aromatic carbocycles. The SMILES string of the molecule is CCC1CCC(c2ccc(-c3cc(F)c4c(c3)C=CC(F)(F)C4(F)F)cc2)CC1. The normalized spacial score (nSPS) is 24.9. The van der Waals surface area contributed by atoms with Gasteiger partial charge in [-0.3, -0.25) is 0 Å². The van der Waals surface area contributed by atoms with Crippen molar-refractivity contribution >= 4 is 6.08 Å². The Kier molecular flexibility index (Phi) is 5.04. The Balaban J connectivity index is 1.61. The predicted octanol–water partition coefficient (Wildman–Crippen LogP) is 7.93. The van der Waals surface area contributed by atoms with Gasteiger partial charge in [-0.25, -0.2) is 4.39 Å². The Hall–Kier alpha value is -2.17. The standard InChI is InChI=1S/C24H23F5/c1-2-15-3-5-16(6-4-15)17-7-9-18(10-8-17)20-13-19-11-12-23(26,27)24(28,29)22(19)21(25)14-20/h7-16H,2-6H2,1H3. The third kappa shape index (κ3) is 3.49. The number of benzene rings is 2. The number of allylic oxidation sites excluding steroid dienone is 1. The molecule has 0 heterocycles. The fraction of sp³-hybridized carbons (Fsp3) is 0.417. The lowest BCUT2D eigenvalue weighted by Crippen LogP contribution is -2.39. The molecule has 0 aromatic heterocycles. The molecule has 5 heteroatoms. The molecule has 1 saturated carbocycles. The summed E-state index contributed by atoms with van der Waals surface area (Å²) in [5.74, 6) is -8.96. The van der Waals surface area contributed by atoms with E-state index >= 15 is 0 Å². The van der Waals surface area contributed by atoms with E-state index in [2.05, 4.69) is 6.92 Å². The van der Waals surface area contributed by atoms with Crippen LogP contribution in [0.2, 0.25) is 0 Å². The van der Waals surface area contributed by atoms with Crippen LogP contribution in [0.5, 0.6) is 0 Å². The number of halogens is 5. The van der Waals surface area contributed by atoms with Gasteiger partial charge in [-0.1, -0.05) is 43.7 Å². The van der Waals surface area contributed by atoms with Crippen molar-refractivity contribution in [3.05, 3.63) is 65.0 Å². The second kappa shape index (κ2) is 7.26. The zero-order chi connectivity index (χ0) is 20.8. The quantitative estimate of drug-likeness (QED) is 0.454. The van der Waals surface area contributed by atoms with Gasteiger partial charge in [-0.15, -0.1) is 0 Å². The lowest BCUT2D eigenvalue weighted by molar-refractivity contribution is -0.189. The molecule has 0 aliphatic heterocycles. The van der Waals surface area contributed by atoms with Crippen LogP contribution in [0.4, 0.5) is 22.0 Å². The lowest BCUT2D eigenvalue weighted by atomic mass is 9.77. The topological polar surface area (TPSA) is 0 Å². The maximum Gasteiger partial charge on any atom is 0.342 e. The van der Waals surface area contributed by atoms with Crippen LogP contribution in [0.3, 0.4) is 0 Å². The molecule has 0 unspecified atom stereocenters. The summed E-state index contributed by atoms with van der Waals surface area (Å²) >= 11 is 0. The molecule has 0 N–H and O–H groups in total. The van der Waals surface area contributed by atoms with Crippen molar-refractivity contribution in [1.29, 1.82) is 0 Å². The number of rotatable bonds is 3. The first-order valence-electron chi connectivity index (χ1n) is 10.1. The lowest BCUT2D eigenvalue weighted by Gasteiger charge is -2.29. The Labute approximate surface area is 167 Å². The molecule has 2 aromatic rings. The van der Waals surface area contributed by atoms with Gasteiger partial charge in [0.1, 0.15) is 5.82 Å². The predicted molar refractivity (Wildman–Crippen MR) is 105 cm³/mol. The molecule has 0 atom stereocenters. The molecule has 0 saturated heterocycles. The molecule has 29 heavy (non-hydrogen) atoms. The number of fused-ring (bicyclic) bond motifs is 1. The average Bonchev–Trinajstić information content (AvgIpc) is 2.71. The highest BCUT2D eigenvalue weighted by atomic mass is 19.3. The number of alkyl halides is 4. The maximum atomic E-state index is 14.4. The zero-order valence-electron chi connectivity index (χ0n) is 16.2. The van der Waals surface area contributed by atoms with Gasteiger partial charge in [-0.05, 0) is 78.0 Å². The number of hydrogen-bond donors (Lipinski definition) is 0. The molecule has 154 valence electrons. The zero-order valence-corrected chi connectivity index (χ0v) is 16.2. The second-order valence-corrected chi connectivity index (χ2v) is 8.20. The molecular weight excluding hydrogens is 383 g/mol. The van der Waals surface area contributed by atoms with E-state index in [4.69, 9.17) is 0 Å². The summed E-state index contributed by atoms with van der Waals surface area (Å²) in [6.45, 7) is 2.23. The fourth-order valence-electron chi connectivity index (χ4n) is 4.57. The Bertz CT molecular complexity index is 919. The summed E-state index contributed by atoms with van der Waals surface area (Å²) in [6.07, 6.45) is 7.00. The first kappa shape index (κ1) is 20.1. The van der Waals surface area contributed by atoms with E-state index in [-0.39, 0.29) is 11.6 Å². The van der Waals surface area contributed by atoms with Gasteiger partial charge < -0.3 is 0 Å². The van der Waals surface area contributed by atoms with E-state index in [1.54, 1.807) is 0 Å². The molecule has 0 bridgehead atoms. The van der Waals surface area contributed by atoms with E-state index in [0.29, 0.717) is 17.0 Å². The van der Waals surface area contributed by atoms with Crippen LogP contribution in [-0.2, 0) is 5.92 Å². The minimum Gasteiger partial charge on any atom is -0.206 e. The number of hydrogen-bond acceptors (Lipinski definition) is 0. The smallest absolute Gasteiger partial charge is 0.206 e. The van der Waals surface area contributed by atoms with Crippen molar-refractivity contribution in [3.8, 4) is 11.1 Å². The summed E-state index contributed by atoms with van der Waals surface area (Å²) in [5, 5.41) is 0. The van der Waals surface area contributed by atoms with E-state index in [1.807, 2.05) is 24.3 Å². The molecule has 4 rings (SSSR count). The summed E-state index contributed by atoms with van der Waals surface area (Å²) in [5.41, 5.74) is 0.851. The van der Waals surface area contributed by atoms with Gasteiger partial charge in [0.05, 0.1) is 5.56 Å². The van der Waals surface area contributed by atoms with Crippen LogP contribution in [0.15, 0.2) is 42.5 Å². The van der Waals surface area contributed by atoms with Crippen LogP contribution < -0.4 is 0 Å². The van der Waals surface area contributed by atoms with Crippen LogP contribution in [0, 0.1) is 11.7 Å². The Morgan fingerprint density at radius 2 is 1.55 bits per heavy atom. The Morgan fingerprint density at radius 1 is 0.897 bits per heavy atom. The van der Waals surface area contributed by atoms with E-state index in [9.17, 15) is 22.0 Å². The van der Waals surface area contributed by atoms with Crippen LogP contribution in [-0.4, -0.2) is 5.92 Å². The van der Waals surface area contributed by atoms with Crippen molar-refractivity contribution in [3.63, 3.8) is 0 Å². The van der Waals surface area contributed by atoms with Crippen molar-refractivity contribution < 1.29 is 22.0 Å². The summed E-state index contributed by atoms with van der Waals surface area (Å²) in [7, 11) is 0. The molecule has 2 aliphatic rings. The van der Waals surface area contributed by atoms with Crippen LogP contribution in [0.25, 0.3) is 17.2 Å². The Morgan fingerprint density at radius 3 is 2.17 bits per heavy atom. The van der Waals surface area contributed by atoms with E-state index in [0.717, 1.165) is 30.9 Å². The van der Waals surface area contributed by atoms with Crippen molar-refractivity contribution in [2.75, 3.05) is 0 Å². The van der Waals surface area contributed by atoms with Crippen LogP contribution in [0.1, 0.15) is 61.6 Å². The van der Waals surface area contributed by atoms with Gasteiger partial charge in [0.25, 0.3) is 0 Å². The summed E-state index contributed by atoms with van der Waals surface area (Å²) in [4.78, 5) is 0. The van der Waals surface area contributed by atoms with Gasteiger partial charge in [0, 0.05) is 0 Å². The largest absolute Gasteiger partial charge is 0.342 e. The average molecular weight is 406 g/mol. The maximum absolute atomic E-state index is 14.4. The molecule has 0 nitrogen and oxygen atoms in total. The monoisotopic (exact) mass is 406 g/mol. The van der Waals surface area contributed by atoms with Gasteiger partial charge >= 0.3 is 11.8 Å². The van der Waals surface area contributed by atoms with Gasteiger partial charge in [0.15, 0.2) is 0 Å². The van der Waals surface area contributed by atoms with E-state index < -0.39 is 23.2 Å². The van der Waals surface area contributed by atoms with Gasteiger partial charge in [0.2, 0.25) is 0 Å². The molecule has 1 fully saturated rings. The third-order valence-corrected chi connectivity index (χ3v) is 6.47. The first-order valence-corrected chi connectivity index (χ1v) is 10.1. The minimum absolute atomic E-state index is 0.147. The highest BCUT2D eigenvalue weighted by Crippen LogP contribution is 2.50. The summed E-state index contributed by atoms with van der Waals surface area (Å²) in [6, 6.07) is 9.97. The molecule has 0 radical (unpaired) electrons. The first-order chi connectivity index (χ1) is 13.7. The highest BCUT2D eigenvalue weighted by Gasteiger charge is 2.59. The minimum atomic E-state index is -4.57. The molecular formula is C24H23F5. The molecule has 0 spiro atoms.